The van der Waals surface area contributed by atoms with Crippen molar-refractivity contribution in [3.63, 3.8) is 0 Å². The third-order valence-corrected chi connectivity index (χ3v) is 5.61. The molecular weight excluding hydrogens is 392 g/mol. The lowest BCUT2D eigenvalue weighted by Crippen LogP contribution is -2.26. The molecule has 0 saturated carbocycles. The topological polar surface area (TPSA) is 23.3 Å². The van der Waals surface area contributed by atoms with Crippen LogP contribution in [0.15, 0.2) is 139 Å². The summed E-state index contributed by atoms with van der Waals surface area (Å²) >= 11 is 0. The first kappa shape index (κ1) is 19.7. The maximum Gasteiger partial charge on any atom is 0.286 e. The van der Waals surface area contributed by atoms with Crippen LogP contribution < -0.4 is 0 Å². The van der Waals surface area contributed by atoms with E-state index in [1.165, 1.54) is 5.56 Å². The van der Waals surface area contributed by atoms with Crippen LogP contribution in [0.25, 0.3) is 11.3 Å². The minimum absolute atomic E-state index is 0.624. The Hall–Kier alpha value is -4.24. The largest absolute Gasteiger partial charge is 0.331 e. The van der Waals surface area contributed by atoms with Crippen molar-refractivity contribution in [2.24, 2.45) is 0 Å². The van der Waals surface area contributed by atoms with Crippen LogP contribution in [-0.4, -0.2) is 9.66 Å². The lowest BCUT2D eigenvalue weighted by molar-refractivity contribution is -0.421. The predicted molar refractivity (Wildman–Crippen MR) is 130 cm³/mol. The summed E-state index contributed by atoms with van der Waals surface area (Å²) in [5, 5.41) is 0. The van der Waals surface area contributed by atoms with Crippen molar-refractivity contribution in [2.75, 3.05) is 0 Å². The van der Waals surface area contributed by atoms with Gasteiger partial charge in [-0.25, -0.2) is 0 Å². The Balaban J connectivity index is 1.72. The maximum absolute atomic E-state index is 12.8. The zero-order chi connectivity index (χ0) is 21.8. The lowest BCUT2D eigenvalue weighted by Gasteiger charge is -2.32. The van der Waals surface area contributed by atoms with Crippen molar-refractivity contribution in [3.8, 4) is 0 Å². The molecule has 0 N–H and O–H groups in total. The average Bonchev–Trinajstić information content (AvgIpc) is 2.86. The van der Waals surface area contributed by atoms with Gasteiger partial charge in [0.05, 0.1) is 4.76 Å². The highest BCUT2D eigenvalue weighted by Crippen LogP contribution is 2.37. The molecule has 0 spiro atoms. The van der Waals surface area contributed by atoms with Gasteiger partial charge in [-0.2, -0.15) is 0 Å². The molecule has 32 heavy (non-hydrogen) atoms. The number of allylic oxidation sites excluding steroid dienone is 6. The minimum atomic E-state index is 0.624. The molecule has 0 atom stereocenters. The average molecular weight is 416 g/mol. The Bertz CT molecular complexity index is 1280. The van der Waals surface area contributed by atoms with E-state index in [-0.39, 0.29) is 0 Å². The molecule has 0 fully saturated rings. The van der Waals surface area contributed by atoms with E-state index in [0.717, 1.165) is 32.9 Å². The highest BCUT2D eigenvalue weighted by Gasteiger charge is 2.29. The maximum atomic E-state index is 12.8. The van der Waals surface area contributed by atoms with E-state index < -0.39 is 0 Å². The molecule has 0 radical (unpaired) electrons. The number of rotatable bonds is 4. The molecular formula is C29H23N2O+. The van der Waals surface area contributed by atoms with Crippen LogP contribution in [0.1, 0.15) is 16.7 Å². The summed E-state index contributed by atoms with van der Waals surface area (Å²) in [5.74, 6) is 0. The molecule has 0 aliphatic carbocycles. The van der Waals surface area contributed by atoms with E-state index in [2.05, 4.69) is 53.5 Å². The standard InChI is InChI=1S/C29H23N2O/c32-31-19-11-10-18-27(31)29-21-26(24-14-6-2-7-15-24)20-28(25-16-8-3-9-17-25)30(29)22-23-12-4-1-5-13-23/h1-21H,22H2/q+1. The van der Waals surface area contributed by atoms with Gasteiger partial charge in [-0.15, -0.1) is 0 Å². The molecule has 0 saturated heterocycles. The Labute approximate surface area is 188 Å². The molecule has 0 amide bonds. The normalized spacial score (nSPS) is 17.9. The predicted octanol–water partition coefficient (Wildman–Crippen LogP) is 6.70. The fourth-order valence-corrected chi connectivity index (χ4v) is 4.04. The van der Waals surface area contributed by atoms with Gasteiger partial charge in [0.25, 0.3) is 5.70 Å². The van der Waals surface area contributed by atoms with Gasteiger partial charge in [0, 0.05) is 29.3 Å². The minimum Gasteiger partial charge on any atom is -0.331 e. The first-order valence-electron chi connectivity index (χ1n) is 10.7. The van der Waals surface area contributed by atoms with Gasteiger partial charge in [-0.05, 0) is 40.5 Å². The van der Waals surface area contributed by atoms with Gasteiger partial charge < -0.3 is 4.90 Å². The van der Waals surface area contributed by atoms with Crippen LogP contribution in [0.2, 0.25) is 0 Å². The second-order valence-electron chi connectivity index (χ2n) is 7.73. The highest BCUT2D eigenvalue weighted by molar-refractivity contribution is 5.88. The van der Waals surface area contributed by atoms with Crippen molar-refractivity contribution < 1.29 is 4.76 Å². The number of hydrogen-bond acceptors (Lipinski definition) is 2. The number of nitroso groups, excluding NO2 is 1. The zero-order valence-corrected chi connectivity index (χ0v) is 17.6. The molecule has 3 heteroatoms. The molecule has 3 aromatic carbocycles. The Kier molecular flexibility index (Phi) is 5.46. The van der Waals surface area contributed by atoms with Gasteiger partial charge in [0.15, 0.2) is 0 Å². The summed E-state index contributed by atoms with van der Waals surface area (Å²) in [6.45, 7) is 0.657. The van der Waals surface area contributed by atoms with Gasteiger partial charge >= 0.3 is 0 Å². The summed E-state index contributed by atoms with van der Waals surface area (Å²) < 4.78 is 0.945. The second kappa shape index (κ2) is 8.86. The van der Waals surface area contributed by atoms with Crippen LogP contribution in [0.4, 0.5) is 0 Å². The first-order chi connectivity index (χ1) is 15.8. The van der Waals surface area contributed by atoms with Crippen molar-refractivity contribution in [1.29, 1.82) is 0 Å². The SMILES string of the molecule is O=[N+]1C=CC=CC1=C1C=C(c2ccccc2)C=C(c2ccccc2)N1Cc1ccccc1. The lowest BCUT2D eigenvalue weighted by atomic mass is 9.95. The molecule has 2 heterocycles. The second-order valence-corrected chi connectivity index (χ2v) is 7.73. The molecule has 0 aromatic heterocycles. The van der Waals surface area contributed by atoms with Crippen LogP contribution in [0.5, 0.6) is 0 Å². The molecule has 3 nitrogen and oxygen atoms in total. The molecule has 2 aliphatic rings. The number of hydrogen-bond donors (Lipinski definition) is 0. The molecule has 2 aliphatic heterocycles. The first-order valence-corrected chi connectivity index (χ1v) is 10.7. The summed E-state index contributed by atoms with van der Waals surface area (Å²) in [6.07, 6.45) is 11.4. The Morgan fingerprint density at radius 1 is 0.688 bits per heavy atom. The van der Waals surface area contributed by atoms with Crippen LogP contribution in [-0.2, 0) is 6.54 Å². The van der Waals surface area contributed by atoms with Crippen LogP contribution in [0.3, 0.4) is 0 Å². The van der Waals surface area contributed by atoms with E-state index >= 15 is 0 Å². The van der Waals surface area contributed by atoms with E-state index in [4.69, 9.17) is 0 Å². The summed E-state index contributed by atoms with van der Waals surface area (Å²) in [7, 11) is 0. The third kappa shape index (κ3) is 4.01. The van der Waals surface area contributed by atoms with Gasteiger partial charge in [-0.1, -0.05) is 91.0 Å². The Morgan fingerprint density at radius 3 is 1.97 bits per heavy atom. The monoisotopic (exact) mass is 415 g/mol. The number of nitrogens with zero attached hydrogens (tertiary/aromatic N) is 2. The molecule has 0 bridgehead atoms. The highest BCUT2D eigenvalue weighted by atomic mass is 16.3. The van der Waals surface area contributed by atoms with Crippen molar-refractivity contribution in [1.82, 2.24) is 4.90 Å². The quantitative estimate of drug-likeness (QED) is 0.443. The smallest absolute Gasteiger partial charge is 0.286 e. The van der Waals surface area contributed by atoms with Crippen LogP contribution in [0, 0.1) is 4.91 Å². The van der Waals surface area contributed by atoms with Crippen molar-refractivity contribution >= 4 is 11.3 Å². The molecule has 154 valence electrons. The summed E-state index contributed by atoms with van der Waals surface area (Å²) in [4.78, 5) is 15.1. The third-order valence-electron chi connectivity index (χ3n) is 5.61. The fraction of sp³-hybridized carbons (Fsp3) is 0.0345. The summed E-state index contributed by atoms with van der Waals surface area (Å²) in [5.41, 5.74) is 7.05. The van der Waals surface area contributed by atoms with E-state index in [9.17, 15) is 4.91 Å². The van der Waals surface area contributed by atoms with E-state index in [1.807, 2.05) is 66.7 Å². The van der Waals surface area contributed by atoms with Crippen molar-refractivity contribution in [3.05, 3.63) is 161 Å². The van der Waals surface area contributed by atoms with Gasteiger partial charge in [0.1, 0.15) is 5.70 Å². The summed E-state index contributed by atoms with van der Waals surface area (Å²) in [6, 6.07) is 31.0. The van der Waals surface area contributed by atoms with E-state index in [0.29, 0.717) is 12.2 Å². The van der Waals surface area contributed by atoms with E-state index in [1.54, 1.807) is 12.3 Å². The van der Waals surface area contributed by atoms with Crippen LogP contribution >= 0.6 is 0 Å². The van der Waals surface area contributed by atoms with Gasteiger partial charge in [0.2, 0.25) is 6.20 Å². The van der Waals surface area contributed by atoms with Crippen molar-refractivity contribution in [2.45, 2.75) is 6.54 Å². The Morgan fingerprint density at radius 2 is 1.31 bits per heavy atom. The zero-order valence-electron chi connectivity index (χ0n) is 17.6. The molecule has 0 unspecified atom stereocenters. The molecule has 5 rings (SSSR count). The fourth-order valence-electron chi connectivity index (χ4n) is 4.04. The van der Waals surface area contributed by atoms with Gasteiger partial charge in [-0.3, -0.25) is 0 Å². The number of benzene rings is 3. The molecule has 3 aromatic rings.